The van der Waals surface area contributed by atoms with Gasteiger partial charge in [0.15, 0.2) is 0 Å². The van der Waals surface area contributed by atoms with E-state index in [2.05, 4.69) is 37.4 Å². The van der Waals surface area contributed by atoms with Crippen LogP contribution in [0, 0.1) is 0 Å². The molecule has 0 radical (unpaired) electrons. The summed E-state index contributed by atoms with van der Waals surface area (Å²) in [5.74, 6) is 1.22. The van der Waals surface area contributed by atoms with Crippen molar-refractivity contribution in [3.8, 4) is 5.75 Å². The number of para-hydroxylation sites is 2. The second-order valence-electron chi connectivity index (χ2n) is 5.48. The fourth-order valence-corrected chi connectivity index (χ4v) is 2.39. The number of rotatable bonds is 6. The van der Waals surface area contributed by atoms with Crippen LogP contribution < -0.4 is 10.1 Å². The van der Waals surface area contributed by atoms with Crippen LogP contribution in [0.25, 0.3) is 0 Å². The highest BCUT2D eigenvalue weighted by atomic mass is 35.5. The molecule has 1 N–H and O–H groups in total. The zero-order valence-electron chi connectivity index (χ0n) is 12.8. The summed E-state index contributed by atoms with van der Waals surface area (Å²) >= 11 is 6.11. The monoisotopic (exact) mass is 303 g/mol. The van der Waals surface area contributed by atoms with Crippen LogP contribution in [0.1, 0.15) is 32.3 Å². The van der Waals surface area contributed by atoms with Crippen molar-refractivity contribution in [1.82, 2.24) is 0 Å². The van der Waals surface area contributed by atoms with Crippen molar-refractivity contribution in [2.45, 2.75) is 32.8 Å². The van der Waals surface area contributed by atoms with Crippen LogP contribution in [0.5, 0.6) is 5.75 Å². The Kier molecular flexibility index (Phi) is 5.51. The number of hydrogen-bond acceptors (Lipinski definition) is 2. The van der Waals surface area contributed by atoms with Gasteiger partial charge < -0.3 is 10.1 Å². The van der Waals surface area contributed by atoms with Gasteiger partial charge in [-0.05, 0) is 36.6 Å². The van der Waals surface area contributed by atoms with Gasteiger partial charge in [-0.15, -0.1) is 0 Å². The highest BCUT2D eigenvalue weighted by Crippen LogP contribution is 2.25. The lowest BCUT2D eigenvalue weighted by atomic mass is 10.0. The van der Waals surface area contributed by atoms with E-state index in [1.807, 2.05) is 37.3 Å². The number of anilines is 1. The van der Waals surface area contributed by atoms with Crippen molar-refractivity contribution in [2.75, 3.05) is 11.9 Å². The van der Waals surface area contributed by atoms with Gasteiger partial charge in [-0.25, -0.2) is 0 Å². The summed E-state index contributed by atoms with van der Waals surface area (Å²) in [7, 11) is 0. The molecule has 0 spiro atoms. The van der Waals surface area contributed by atoms with Crippen LogP contribution in [-0.4, -0.2) is 12.6 Å². The minimum atomic E-state index is 0.0325. The van der Waals surface area contributed by atoms with E-state index in [4.69, 9.17) is 16.3 Å². The van der Waals surface area contributed by atoms with Gasteiger partial charge in [-0.3, -0.25) is 0 Å². The standard InChI is InChI=1S/C18H22ClNO/c1-13(2)15-8-4-6-10-17(15)20-12-14(3)21-18-11-7-5-9-16(18)19/h4-11,13-14,20H,12H2,1-3H3. The Hall–Kier alpha value is -1.67. The van der Waals surface area contributed by atoms with Gasteiger partial charge in [0.25, 0.3) is 0 Å². The van der Waals surface area contributed by atoms with E-state index in [1.165, 1.54) is 11.3 Å². The summed E-state index contributed by atoms with van der Waals surface area (Å²) in [6.07, 6.45) is 0.0325. The molecular weight excluding hydrogens is 282 g/mol. The maximum Gasteiger partial charge on any atom is 0.138 e. The smallest absolute Gasteiger partial charge is 0.138 e. The highest BCUT2D eigenvalue weighted by molar-refractivity contribution is 6.32. The quantitative estimate of drug-likeness (QED) is 0.777. The van der Waals surface area contributed by atoms with E-state index in [9.17, 15) is 0 Å². The molecular formula is C18H22ClNO. The fourth-order valence-electron chi connectivity index (χ4n) is 2.21. The third-order valence-electron chi connectivity index (χ3n) is 3.33. The summed E-state index contributed by atoms with van der Waals surface area (Å²) in [5, 5.41) is 4.11. The Morgan fingerprint density at radius 1 is 1.00 bits per heavy atom. The van der Waals surface area contributed by atoms with Gasteiger partial charge in [0.2, 0.25) is 0 Å². The molecule has 0 bridgehead atoms. The first kappa shape index (κ1) is 15.7. The lowest BCUT2D eigenvalue weighted by molar-refractivity contribution is 0.235. The minimum absolute atomic E-state index is 0.0325. The Labute approximate surface area is 132 Å². The molecule has 1 unspecified atom stereocenters. The number of nitrogens with one attached hydrogen (secondary N) is 1. The molecule has 0 fully saturated rings. The number of halogens is 1. The van der Waals surface area contributed by atoms with Gasteiger partial charge in [-0.1, -0.05) is 55.8 Å². The molecule has 2 aromatic carbocycles. The maximum absolute atomic E-state index is 6.11. The zero-order valence-corrected chi connectivity index (χ0v) is 13.5. The Balaban J connectivity index is 1.96. The third kappa shape index (κ3) is 4.40. The summed E-state index contributed by atoms with van der Waals surface area (Å²) in [4.78, 5) is 0. The Morgan fingerprint density at radius 2 is 1.67 bits per heavy atom. The first-order valence-electron chi connectivity index (χ1n) is 7.32. The van der Waals surface area contributed by atoms with Gasteiger partial charge >= 0.3 is 0 Å². The molecule has 21 heavy (non-hydrogen) atoms. The largest absolute Gasteiger partial charge is 0.487 e. The van der Waals surface area contributed by atoms with Crippen LogP contribution in [-0.2, 0) is 0 Å². The van der Waals surface area contributed by atoms with E-state index < -0.39 is 0 Å². The summed E-state index contributed by atoms with van der Waals surface area (Å²) in [5.41, 5.74) is 2.49. The van der Waals surface area contributed by atoms with Crippen LogP contribution in [0.3, 0.4) is 0 Å². The van der Waals surface area contributed by atoms with E-state index in [0.29, 0.717) is 10.9 Å². The van der Waals surface area contributed by atoms with Crippen LogP contribution in [0.15, 0.2) is 48.5 Å². The maximum atomic E-state index is 6.11. The van der Waals surface area contributed by atoms with Crippen molar-refractivity contribution >= 4 is 17.3 Å². The molecule has 112 valence electrons. The number of ether oxygens (including phenoxy) is 1. The molecule has 2 rings (SSSR count). The zero-order chi connectivity index (χ0) is 15.2. The van der Waals surface area contributed by atoms with Gasteiger partial charge in [0.05, 0.1) is 11.6 Å². The van der Waals surface area contributed by atoms with Crippen molar-refractivity contribution < 1.29 is 4.74 Å². The normalized spacial score (nSPS) is 12.2. The number of benzene rings is 2. The molecule has 0 aromatic heterocycles. The summed E-state index contributed by atoms with van der Waals surface area (Å²) in [6, 6.07) is 15.9. The molecule has 0 amide bonds. The average Bonchev–Trinajstić information content (AvgIpc) is 2.48. The minimum Gasteiger partial charge on any atom is -0.487 e. The first-order valence-corrected chi connectivity index (χ1v) is 7.69. The second-order valence-corrected chi connectivity index (χ2v) is 5.89. The van der Waals surface area contributed by atoms with E-state index in [1.54, 1.807) is 0 Å². The van der Waals surface area contributed by atoms with E-state index >= 15 is 0 Å². The van der Waals surface area contributed by atoms with Crippen LogP contribution in [0.2, 0.25) is 5.02 Å². The molecule has 0 heterocycles. The van der Waals surface area contributed by atoms with E-state index in [-0.39, 0.29) is 6.10 Å². The molecule has 0 aliphatic rings. The van der Waals surface area contributed by atoms with Gasteiger partial charge in [0.1, 0.15) is 11.9 Å². The van der Waals surface area contributed by atoms with Gasteiger partial charge in [0, 0.05) is 5.69 Å². The van der Waals surface area contributed by atoms with Crippen molar-refractivity contribution in [3.63, 3.8) is 0 Å². The predicted octanol–water partition coefficient (Wildman–Crippen LogP) is 5.34. The summed E-state index contributed by atoms with van der Waals surface area (Å²) in [6.45, 7) is 7.16. The van der Waals surface area contributed by atoms with Crippen LogP contribution in [0.4, 0.5) is 5.69 Å². The fraction of sp³-hybridized carbons (Fsp3) is 0.333. The first-order chi connectivity index (χ1) is 10.1. The Morgan fingerprint density at radius 3 is 2.38 bits per heavy atom. The molecule has 0 saturated carbocycles. The molecule has 2 nitrogen and oxygen atoms in total. The predicted molar refractivity (Wildman–Crippen MR) is 90.6 cm³/mol. The number of hydrogen-bond donors (Lipinski definition) is 1. The summed E-state index contributed by atoms with van der Waals surface area (Å²) < 4.78 is 5.87. The topological polar surface area (TPSA) is 21.3 Å². The molecule has 0 aliphatic heterocycles. The highest BCUT2D eigenvalue weighted by Gasteiger charge is 2.09. The molecule has 1 atom stereocenters. The van der Waals surface area contributed by atoms with Gasteiger partial charge in [-0.2, -0.15) is 0 Å². The van der Waals surface area contributed by atoms with Crippen molar-refractivity contribution in [3.05, 3.63) is 59.1 Å². The third-order valence-corrected chi connectivity index (χ3v) is 3.64. The molecule has 2 aromatic rings. The Bertz CT molecular complexity index is 583. The van der Waals surface area contributed by atoms with Crippen molar-refractivity contribution in [2.24, 2.45) is 0 Å². The molecule has 3 heteroatoms. The molecule has 0 saturated heterocycles. The lowest BCUT2D eigenvalue weighted by Crippen LogP contribution is -2.23. The van der Waals surface area contributed by atoms with Crippen LogP contribution >= 0.6 is 11.6 Å². The average molecular weight is 304 g/mol. The second kappa shape index (κ2) is 7.37. The van der Waals surface area contributed by atoms with E-state index in [0.717, 1.165) is 12.3 Å². The SMILES string of the molecule is CC(CNc1ccccc1C(C)C)Oc1ccccc1Cl. The lowest BCUT2D eigenvalue weighted by Gasteiger charge is -2.19. The molecule has 0 aliphatic carbocycles. The van der Waals surface area contributed by atoms with Crippen molar-refractivity contribution in [1.29, 1.82) is 0 Å².